The maximum atomic E-state index is 10.5. The summed E-state index contributed by atoms with van der Waals surface area (Å²) in [5, 5.41) is 0. The van der Waals surface area contributed by atoms with E-state index in [4.69, 9.17) is 0 Å². The lowest BCUT2D eigenvalue weighted by molar-refractivity contribution is -0.109. The molecule has 0 saturated heterocycles. The molecule has 1 heterocycles. The van der Waals surface area contributed by atoms with E-state index in [2.05, 4.69) is 9.97 Å². The van der Waals surface area contributed by atoms with Crippen LogP contribution in [0.15, 0.2) is 18.6 Å². The summed E-state index contributed by atoms with van der Waals surface area (Å²) in [6, 6.07) is 0. The number of hydrogen-bond donors (Lipinski definition) is 0. The van der Waals surface area contributed by atoms with Crippen molar-refractivity contribution in [3.05, 3.63) is 24.3 Å². The van der Waals surface area contributed by atoms with Crippen LogP contribution in [0.5, 0.6) is 0 Å². The zero-order valence-electron chi connectivity index (χ0n) is 6.40. The molecule has 0 saturated carbocycles. The number of hydrogen-bond acceptors (Lipinski definition) is 3. The number of nitrogens with zero attached hydrogens (tertiary/aromatic N) is 2. The van der Waals surface area contributed by atoms with Crippen LogP contribution in [-0.4, -0.2) is 16.3 Å². The minimum atomic E-state index is -0.0938. The van der Waals surface area contributed by atoms with Crippen LogP contribution in [0.3, 0.4) is 0 Å². The first-order chi connectivity index (χ1) is 5.38. The van der Waals surface area contributed by atoms with E-state index >= 15 is 0 Å². The molecule has 1 aromatic rings. The molecule has 3 nitrogen and oxygen atoms in total. The normalized spacial score (nSPS) is 12.5. The molecule has 0 aliphatic carbocycles. The van der Waals surface area contributed by atoms with E-state index in [9.17, 15) is 4.79 Å². The molecule has 0 spiro atoms. The lowest BCUT2D eigenvalue weighted by Crippen LogP contribution is -2.01. The Labute approximate surface area is 65.5 Å². The number of aromatic nitrogens is 2. The Morgan fingerprint density at radius 2 is 2.45 bits per heavy atom. The van der Waals surface area contributed by atoms with Crippen molar-refractivity contribution in [1.82, 2.24) is 9.97 Å². The SMILES string of the molecule is CCC(C=O)c1cnccn1. The molecule has 1 aromatic heterocycles. The average Bonchev–Trinajstić information content (AvgIpc) is 2.09. The van der Waals surface area contributed by atoms with Gasteiger partial charge in [-0.2, -0.15) is 0 Å². The van der Waals surface area contributed by atoms with Gasteiger partial charge < -0.3 is 4.79 Å². The Balaban J connectivity index is 2.82. The second-order valence-electron chi connectivity index (χ2n) is 2.28. The van der Waals surface area contributed by atoms with Gasteiger partial charge in [0.2, 0.25) is 0 Å². The highest BCUT2D eigenvalue weighted by atomic mass is 16.1. The van der Waals surface area contributed by atoms with Crippen LogP contribution in [0, 0.1) is 0 Å². The summed E-state index contributed by atoms with van der Waals surface area (Å²) in [5.41, 5.74) is 0.755. The van der Waals surface area contributed by atoms with Crippen LogP contribution < -0.4 is 0 Å². The van der Waals surface area contributed by atoms with E-state index in [1.807, 2.05) is 6.92 Å². The Morgan fingerprint density at radius 1 is 1.64 bits per heavy atom. The second-order valence-corrected chi connectivity index (χ2v) is 2.28. The maximum absolute atomic E-state index is 10.5. The minimum absolute atomic E-state index is 0.0938. The molecule has 3 heteroatoms. The third kappa shape index (κ3) is 1.83. The fourth-order valence-electron chi connectivity index (χ4n) is 0.877. The minimum Gasteiger partial charge on any atom is -0.303 e. The predicted octanol–water partition coefficient (Wildman–Crippen LogP) is 1.17. The van der Waals surface area contributed by atoms with Gasteiger partial charge in [-0.25, -0.2) is 0 Å². The van der Waals surface area contributed by atoms with Crippen molar-refractivity contribution < 1.29 is 4.79 Å². The molecule has 0 radical (unpaired) electrons. The Morgan fingerprint density at radius 3 is 2.91 bits per heavy atom. The van der Waals surface area contributed by atoms with E-state index in [0.29, 0.717) is 0 Å². The highest BCUT2D eigenvalue weighted by molar-refractivity contribution is 5.60. The fraction of sp³-hybridized carbons (Fsp3) is 0.375. The number of aldehydes is 1. The fourth-order valence-corrected chi connectivity index (χ4v) is 0.877. The Kier molecular flexibility index (Phi) is 2.72. The molecule has 0 aromatic carbocycles. The first-order valence-electron chi connectivity index (χ1n) is 3.59. The van der Waals surface area contributed by atoms with Crippen LogP contribution in [0.2, 0.25) is 0 Å². The van der Waals surface area contributed by atoms with Crippen LogP contribution in [0.25, 0.3) is 0 Å². The second kappa shape index (κ2) is 3.81. The molecule has 0 bridgehead atoms. The summed E-state index contributed by atoms with van der Waals surface area (Å²) in [7, 11) is 0. The van der Waals surface area contributed by atoms with Crippen LogP contribution in [0.1, 0.15) is 25.0 Å². The third-order valence-electron chi connectivity index (χ3n) is 1.57. The highest BCUT2D eigenvalue weighted by Gasteiger charge is 2.07. The lowest BCUT2D eigenvalue weighted by atomic mass is 10.1. The highest BCUT2D eigenvalue weighted by Crippen LogP contribution is 2.11. The maximum Gasteiger partial charge on any atom is 0.129 e. The molecule has 0 aliphatic heterocycles. The number of carbonyl (C=O) groups excluding carboxylic acids is 1. The molecule has 1 atom stereocenters. The van der Waals surface area contributed by atoms with Gasteiger partial charge in [0.1, 0.15) is 6.29 Å². The molecular weight excluding hydrogens is 140 g/mol. The lowest BCUT2D eigenvalue weighted by Gasteiger charge is -2.03. The van der Waals surface area contributed by atoms with Gasteiger partial charge in [-0.15, -0.1) is 0 Å². The third-order valence-corrected chi connectivity index (χ3v) is 1.57. The summed E-state index contributed by atoms with van der Waals surface area (Å²) < 4.78 is 0. The molecule has 0 amide bonds. The molecule has 1 unspecified atom stereocenters. The summed E-state index contributed by atoms with van der Waals surface area (Å²) in [4.78, 5) is 18.4. The molecule has 1 rings (SSSR count). The van der Waals surface area contributed by atoms with Gasteiger partial charge >= 0.3 is 0 Å². The van der Waals surface area contributed by atoms with Crippen molar-refractivity contribution in [1.29, 1.82) is 0 Å². The van der Waals surface area contributed by atoms with Gasteiger partial charge in [0.15, 0.2) is 0 Å². The zero-order chi connectivity index (χ0) is 8.10. The van der Waals surface area contributed by atoms with E-state index in [0.717, 1.165) is 18.4 Å². The average molecular weight is 150 g/mol. The van der Waals surface area contributed by atoms with Crippen LogP contribution in [0.4, 0.5) is 0 Å². The van der Waals surface area contributed by atoms with Crippen molar-refractivity contribution in [3.63, 3.8) is 0 Å². The summed E-state index contributed by atoms with van der Waals surface area (Å²) in [6.45, 7) is 1.95. The van der Waals surface area contributed by atoms with Gasteiger partial charge in [-0.05, 0) is 6.42 Å². The van der Waals surface area contributed by atoms with Gasteiger partial charge in [0.05, 0.1) is 11.6 Å². The zero-order valence-corrected chi connectivity index (χ0v) is 6.40. The number of carbonyl (C=O) groups is 1. The van der Waals surface area contributed by atoms with Gasteiger partial charge in [0.25, 0.3) is 0 Å². The van der Waals surface area contributed by atoms with Crippen LogP contribution >= 0.6 is 0 Å². The van der Waals surface area contributed by atoms with Crippen molar-refractivity contribution in [3.8, 4) is 0 Å². The summed E-state index contributed by atoms with van der Waals surface area (Å²) in [5.74, 6) is -0.0938. The van der Waals surface area contributed by atoms with Gasteiger partial charge in [-0.1, -0.05) is 6.92 Å². The summed E-state index contributed by atoms with van der Waals surface area (Å²) in [6.07, 6.45) is 6.51. The smallest absolute Gasteiger partial charge is 0.129 e. The van der Waals surface area contributed by atoms with Crippen molar-refractivity contribution in [2.45, 2.75) is 19.3 Å². The standard InChI is InChI=1S/C8H10N2O/c1-2-7(6-11)8-5-9-3-4-10-8/h3-7H,2H2,1H3. The monoisotopic (exact) mass is 150 g/mol. The Hall–Kier alpha value is -1.25. The molecule has 0 fully saturated rings. The molecule has 58 valence electrons. The molecule has 11 heavy (non-hydrogen) atoms. The van der Waals surface area contributed by atoms with Crippen molar-refractivity contribution in [2.75, 3.05) is 0 Å². The molecule has 0 N–H and O–H groups in total. The summed E-state index contributed by atoms with van der Waals surface area (Å²) >= 11 is 0. The van der Waals surface area contributed by atoms with E-state index in [-0.39, 0.29) is 5.92 Å². The Bertz CT molecular complexity index is 223. The van der Waals surface area contributed by atoms with Crippen molar-refractivity contribution in [2.24, 2.45) is 0 Å². The van der Waals surface area contributed by atoms with E-state index in [1.54, 1.807) is 18.6 Å². The van der Waals surface area contributed by atoms with Crippen LogP contribution in [-0.2, 0) is 4.79 Å². The first-order valence-corrected chi connectivity index (χ1v) is 3.59. The molecule has 0 aliphatic rings. The van der Waals surface area contributed by atoms with E-state index in [1.165, 1.54) is 0 Å². The van der Waals surface area contributed by atoms with Crippen molar-refractivity contribution >= 4 is 6.29 Å². The first kappa shape index (κ1) is 7.85. The van der Waals surface area contributed by atoms with Gasteiger partial charge in [-0.3, -0.25) is 9.97 Å². The molecular formula is C8H10N2O. The number of rotatable bonds is 3. The predicted molar refractivity (Wildman–Crippen MR) is 41.1 cm³/mol. The van der Waals surface area contributed by atoms with Gasteiger partial charge in [0, 0.05) is 18.6 Å². The topological polar surface area (TPSA) is 42.9 Å². The quantitative estimate of drug-likeness (QED) is 0.607. The largest absolute Gasteiger partial charge is 0.303 e. The van der Waals surface area contributed by atoms with E-state index < -0.39 is 0 Å².